The lowest BCUT2D eigenvalue weighted by Crippen LogP contribution is -2.36. The maximum Gasteiger partial charge on any atom is 0.305 e. The van der Waals surface area contributed by atoms with Crippen LogP contribution in [0.4, 0.5) is 0 Å². The Morgan fingerprint density at radius 3 is 2.17 bits per heavy atom. The van der Waals surface area contributed by atoms with E-state index in [1.165, 1.54) is 7.11 Å². The summed E-state index contributed by atoms with van der Waals surface area (Å²) >= 11 is 3.76. The minimum Gasteiger partial charge on any atom is -0.469 e. The summed E-state index contributed by atoms with van der Waals surface area (Å²) in [7, 11) is 1.31. The molecular weight excluding hydrogens is 254 g/mol. The predicted molar refractivity (Wildman–Crippen MR) is 76.8 cm³/mol. The molecule has 0 fully saturated rings. The Morgan fingerprint density at radius 1 is 1.28 bits per heavy atom. The highest BCUT2D eigenvalue weighted by Gasteiger charge is 2.11. The van der Waals surface area contributed by atoms with Crippen LogP contribution in [0.15, 0.2) is 0 Å². The van der Waals surface area contributed by atoms with Crippen LogP contribution in [0.25, 0.3) is 0 Å². The average Bonchev–Trinajstić information content (AvgIpc) is 2.46. The SMILES string of the molecule is CC.CC.COC(=O)CCCNC(=O)C(O)CS. The molecule has 18 heavy (non-hydrogen) atoms. The number of methoxy groups -OCH3 is 1. The van der Waals surface area contributed by atoms with Crippen LogP contribution in [-0.4, -0.2) is 42.5 Å². The third-order valence-corrected chi connectivity index (χ3v) is 1.91. The summed E-state index contributed by atoms with van der Waals surface area (Å²) in [6, 6.07) is 0. The van der Waals surface area contributed by atoms with Gasteiger partial charge in [-0.15, -0.1) is 0 Å². The van der Waals surface area contributed by atoms with Crippen molar-refractivity contribution < 1.29 is 19.4 Å². The zero-order valence-corrected chi connectivity index (χ0v) is 12.9. The van der Waals surface area contributed by atoms with E-state index < -0.39 is 12.0 Å². The molecule has 0 aliphatic carbocycles. The number of rotatable bonds is 6. The van der Waals surface area contributed by atoms with Crippen molar-refractivity contribution in [3.05, 3.63) is 0 Å². The van der Waals surface area contributed by atoms with Gasteiger partial charge in [0.2, 0.25) is 5.91 Å². The fourth-order valence-electron chi connectivity index (χ4n) is 0.747. The Morgan fingerprint density at radius 2 is 1.78 bits per heavy atom. The number of carbonyl (C=O) groups is 2. The third kappa shape index (κ3) is 15.2. The van der Waals surface area contributed by atoms with Crippen LogP contribution < -0.4 is 5.32 Å². The summed E-state index contributed by atoms with van der Waals surface area (Å²) in [5, 5.41) is 11.5. The van der Waals surface area contributed by atoms with Crippen molar-refractivity contribution in [1.29, 1.82) is 0 Å². The fourth-order valence-corrected chi connectivity index (χ4v) is 0.913. The van der Waals surface area contributed by atoms with Crippen LogP contribution in [0.3, 0.4) is 0 Å². The number of ether oxygens (including phenoxy) is 1. The van der Waals surface area contributed by atoms with E-state index in [-0.39, 0.29) is 18.1 Å². The molecule has 0 saturated carbocycles. The van der Waals surface area contributed by atoms with Gasteiger partial charge in [-0.2, -0.15) is 12.6 Å². The number of esters is 1. The van der Waals surface area contributed by atoms with Gasteiger partial charge in [0.05, 0.1) is 7.11 Å². The number of aliphatic hydroxyl groups is 1. The van der Waals surface area contributed by atoms with E-state index in [1.807, 2.05) is 27.7 Å². The minimum absolute atomic E-state index is 0.0861. The number of thiol groups is 1. The Kier molecular flexibility index (Phi) is 23.2. The van der Waals surface area contributed by atoms with Gasteiger partial charge in [0.15, 0.2) is 0 Å². The Balaban J connectivity index is -0.000000506. The molecule has 0 radical (unpaired) electrons. The molecule has 0 rings (SSSR count). The van der Waals surface area contributed by atoms with E-state index in [4.69, 9.17) is 5.11 Å². The van der Waals surface area contributed by atoms with Gasteiger partial charge >= 0.3 is 5.97 Å². The number of amides is 1. The molecule has 110 valence electrons. The summed E-state index contributed by atoms with van der Waals surface area (Å²) < 4.78 is 4.41. The average molecular weight is 281 g/mol. The van der Waals surface area contributed by atoms with Gasteiger partial charge in [-0.25, -0.2) is 0 Å². The fraction of sp³-hybridized carbons (Fsp3) is 0.833. The standard InChI is InChI=1S/C8H15NO4S.2C2H6/c1-13-7(11)3-2-4-9-8(12)6(10)5-14;2*1-2/h6,10,14H,2-5H2,1H3,(H,9,12);2*1-2H3. The van der Waals surface area contributed by atoms with E-state index >= 15 is 0 Å². The number of hydrogen-bond donors (Lipinski definition) is 3. The van der Waals surface area contributed by atoms with Gasteiger partial charge in [0, 0.05) is 18.7 Å². The second-order valence-corrected chi connectivity index (χ2v) is 3.03. The molecule has 1 atom stereocenters. The molecule has 0 bridgehead atoms. The topological polar surface area (TPSA) is 75.6 Å². The van der Waals surface area contributed by atoms with Crippen LogP contribution in [0.1, 0.15) is 40.5 Å². The first-order chi connectivity index (χ1) is 8.61. The van der Waals surface area contributed by atoms with E-state index in [9.17, 15) is 9.59 Å². The van der Waals surface area contributed by atoms with Crippen molar-refractivity contribution in [3.63, 3.8) is 0 Å². The molecule has 1 amide bonds. The first-order valence-electron chi connectivity index (χ1n) is 6.25. The number of carbonyl (C=O) groups excluding carboxylic acids is 2. The number of nitrogens with one attached hydrogen (secondary N) is 1. The van der Waals surface area contributed by atoms with E-state index in [1.54, 1.807) is 0 Å². The summed E-state index contributed by atoms with van der Waals surface area (Å²) in [5.74, 6) is -0.693. The molecule has 0 aromatic rings. The van der Waals surface area contributed by atoms with Crippen LogP contribution in [0.5, 0.6) is 0 Å². The van der Waals surface area contributed by atoms with Crippen molar-refractivity contribution in [2.24, 2.45) is 0 Å². The first-order valence-corrected chi connectivity index (χ1v) is 6.88. The highest BCUT2D eigenvalue weighted by atomic mass is 32.1. The molecule has 5 nitrogen and oxygen atoms in total. The Bertz CT molecular complexity index is 201. The second-order valence-electron chi connectivity index (χ2n) is 2.67. The van der Waals surface area contributed by atoms with Crippen LogP contribution >= 0.6 is 12.6 Å². The van der Waals surface area contributed by atoms with Gasteiger partial charge in [-0.05, 0) is 6.42 Å². The monoisotopic (exact) mass is 281 g/mol. The molecule has 6 heteroatoms. The van der Waals surface area contributed by atoms with Gasteiger partial charge in [0.1, 0.15) is 6.10 Å². The van der Waals surface area contributed by atoms with Gasteiger partial charge in [0.25, 0.3) is 0 Å². The van der Waals surface area contributed by atoms with Gasteiger partial charge in [-0.3, -0.25) is 9.59 Å². The van der Waals surface area contributed by atoms with Crippen LogP contribution in [0, 0.1) is 0 Å². The molecule has 0 aromatic carbocycles. The molecule has 0 aliphatic rings. The molecule has 2 N–H and O–H groups in total. The van der Waals surface area contributed by atoms with Crippen molar-refractivity contribution in [2.75, 3.05) is 19.4 Å². The summed E-state index contributed by atoms with van der Waals surface area (Å²) in [6.45, 7) is 8.35. The lowest BCUT2D eigenvalue weighted by Gasteiger charge is -2.07. The first kappa shape index (κ1) is 22.4. The zero-order valence-electron chi connectivity index (χ0n) is 12.0. The maximum atomic E-state index is 11.0. The smallest absolute Gasteiger partial charge is 0.305 e. The van der Waals surface area contributed by atoms with Crippen molar-refractivity contribution in [1.82, 2.24) is 5.32 Å². The summed E-state index contributed by atoms with van der Waals surface area (Å²) in [6.07, 6.45) is -0.331. The minimum atomic E-state index is -1.09. The number of aliphatic hydroxyl groups excluding tert-OH is 1. The lowest BCUT2D eigenvalue weighted by atomic mass is 10.3. The van der Waals surface area contributed by atoms with Gasteiger partial charge < -0.3 is 15.2 Å². The third-order valence-electron chi connectivity index (χ3n) is 1.56. The Hall–Kier alpha value is -0.750. The van der Waals surface area contributed by atoms with E-state index in [0.29, 0.717) is 13.0 Å². The van der Waals surface area contributed by atoms with Gasteiger partial charge in [-0.1, -0.05) is 27.7 Å². The normalized spacial score (nSPS) is 9.94. The molecular formula is C12H27NO4S. The second kappa shape index (κ2) is 18.6. The van der Waals surface area contributed by atoms with E-state index in [0.717, 1.165) is 0 Å². The molecule has 0 spiro atoms. The zero-order chi connectivity index (χ0) is 15.0. The largest absolute Gasteiger partial charge is 0.469 e. The van der Waals surface area contributed by atoms with Crippen molar-refractivity contribution in [2.45, 2.75) is 46.6 Å². The molecule has 1 unspecified atom stereocenters. The number of hydrogen-bond acceptors (Lipinski definition) is 5. The molecule has 0 aliphatic heterocycles. The van der Waals surface area contributed by atoms with Crippen LogP contribution in [-0.2, 0) is 14.3 Å². The van der Waals surface area contributed by atoms with E-state index in [2.05, 4.69) is 22.7 Å². The molecule has 0 aromatic heterocycles. The van der Waals surface area contributed by atoms with Crippen LogP contribution in [0.2, 0.25) is 0 Å². The molecule has 0 heterocycles. The van der Waals surface area contributed by atoms with Crippen molar-refractivity contribution in [3.8, 4) is 0 Å². The predicted octanol–water partition coefficient (Wildman–Crippen LogP) is 1.40. The lowest BCUT2D eigenvalue weighted by molar-refractivity contribution is -0.140. The molecule has 0 saturated heterocycles. The summed E-state index contributed by atoms with van der Waals surface area (Å²) in [5.41, 5.74) is 0. The summed E-state index contributed by atoms with van der Waals surface area (Å²) in [4.78, 5) is 21.6. The Labute approximate surface area is 116 Å². The highest BCUT2D eigenvalue weighted by Crippen LogP contribution is 1.91. The quantitative estimate of drug-likeness (QED) is 0.391. The maximum absolute atomic E-state index is 11.0. The highest BCUT2D eigenvalue weighted by molar-refractivity contribution is 7.80. The van der Waals surface area contributed by atoms with Crippen molar-refractivity contribution >= 4 is 24.5 Å².